The highest BCUT2D eigenvalue weighted by Gasteiger charge is 2.33. The summed E-state index contributed by atoms with van der Waals surface area (Å²) in [6.45, 7) is 6.02. The Morgan fingerprint density at radius 1 is 1.29 bits per heavy atom. The molecule has 1 aromatic carbocycles. The number of alkyl halides is 3. The third kappa shape index (κ3) is 5.75. The molecule has 3 nitrogen and oxygen atoms in total. The van der Waals surface area contributed by atoms with Crippen LogP contribution < -0.4 is 0 Å². The van der Waals surface area contributed by atoms with Crippen LogP contribution in [0.4, 0.5) is 13.2 Å². The molecular weight excluding hydrogens is 283 g/mol. The molecule has 0 atom stereocenters. The summed E-state index contributed by atoms with van der Waals surface area (Å²) in [5, 5.41) is 0. The normalized spacial score (nSPS) is 10.7. The quantitative estimate of drug-likeness (QED) is 0.847. The van der Waals surface area contributed by atoms with Crippen molar-refractivity contribution in [1.29, 1.82) is 0 Å². The molecule has 0 unspecified atom stereocenters. The lowest BCUT2D eigenvalue weighted by molar-refractivity contribution is -0.138. The summed E-state index contributed by atoms with van der Waals surface area (Å²) < 4.78 is 43.1. The minimum atomic E-state index is -4.45. The van der Waals surface area contributed by atoms with Crippen molar-refractivity contribution in [2.75, 3.05) is 27.3 Å². The van der Waals surface area contributed by atoms with Crippen LogP contribution in [0.1, 0.15) is 35.3 Å². The SMILES string of the molecule is CC.COCCN(C)C(=O)c1ccc(C)c(C(F)(F)F)c1. The molecule has 0 bridgehead atoms. The number of amides is 1. The van der Waals surface area contributed by atoms with E-state index in [1.54, 1.807) is 0 Å². The zero-order valence-corrected chi connectivity index (χ0v) is 13.0. The number of carbonyl (C=O) groups is 1. The number of aryl methyl sites for hydroxylation is 1. The van der Waals surface area contributed by atoms with Crippen molar-refractivity contribution >= 4 is 5.91 Å². The number of benzene rings is 1. The fourth-order valence-corrected chi connectivity index (χ4v) is 1.61. The largest absolute Gasteiger partial charge is 0.416 e. The summed E-state index contributed by atoms with van der Waals surface area (Å²) in [5.74, 6) is -0.456. The summed E-state index contributed by atoms with van der Waals surface area (Å²) in [6, 6.07) is 3.59. The molecule has 6 heteroatoms. The lowest BCUT2D eigenvalue weighted by Crippen LogP contribution is -2.30. The summed E-state index contributed by atoms with van der Waals surface area (Å²) in [4.78, 5) is 13.3. The Hall–Kier alpha value is -1.56. The number of hydrogen-bond donors (Lipinski definition) is 0. The first-order valence-electron chi connectivity index (χ1n) is 6.69. The minimum Gasteiger partial charge on any atom is -0.383 e. The van der Waals surface area contributed by atoms with Crippen LogP contribution in [-0.2, 0) is 10.9 Å². The third-order valence-corrected chi connectivity index (χ3v) is 2.77. The molecule has 0 saturated heterocycles. The van der Waals surface area contributed by atoms with E-state index in [-0.39, 0.29) is 11.1 Å². The molecular formula is C15H22F3NO2. The van der Waals surface area contributed by atoms with Crippen LogP contribution in [0.2, 0.25) is 0 Å². The zero-order valence-electron chi connectivity index (χ0n) is 13.0. The number of hydrogen-bond acceptors (Lipinski definition) is 2. The van der Waals surface area contributed by atoms with Crippen LogP contribution in [0.5, 0.6) is 0 Å². The topological polar surface area (TPSA) is 29.5 Å². The van der Waals surface area contributed by atoms with Crippen molar-refractivity contribution in [3.63, 3.8) is 0 Å². The monoisotopic (exact) mass is 305 g/mol. The summed E-state index contributed by atoms with van der Waals surface area (Å²) in [7, 11) is 3.01. The molecule has 0 aliphatic carbocycles. The zero-order chi connectivity index (χ0) is 16.6. The van der Waals surface area contributed by atoms with E-state index in [2.05, 4.69) is 0 Å². The van der Waals surface area contributed by atoms with Gasteiger partial charge in [-0.2, -0.15) is 13.2 Å². The molecule has 0 spiro atoms. The van der Waals surface area contributed by atoms with E-state index in [9.17, 15) is 18.0 Å². The van der Waals surface area contributed by atoms with Gasteiger partial charge in [-0.05, 0) is 24.6 Å². The maximum atomic E-state index is 12.8. The maximum absolute atomic E-state index is 12.8. The van der Waals surface area contributed by atoms with Crippen LogP contribution in [0.15, 0.2) is 18.2 Å². The van der Waals surface area contributed by atoms with E-state index in [1.165, 1.54) is 38.1 Å². The van der Waals surface area contributed by atoms with Gasteiger partial charge < -0.3 is 9.64 Å². The second-order valence-electron chi connectivity index (χ2n) is 4.25. The second kappa shape index (κ2) is 8.67. The van der Waals surface area contributed by atoms with E-state index in [1.807, 2.05) is 13.8 Å². The second-order valence-corrected chi connectivity index (χ2v) is 4.25. The fraction of sp³-hybridized carbons (Fsp3) is 0.533. The van der Waals surface area contributed by atoms with E-state index >= 15 is 0 Å². The van der Waals surface area contributed by atoms with Gasteiger partial charge >= 0.3 is 6.18 Å². The molecule has 0 fully saturated rings. The number of likely N-dealkylation sites (N-methyl/N-ethyl adjacent to an activating group) is 1. The molecule has 0 aromatic heterocycles. The molecule has 0 N–H and O–H groups in total. The smallest absolute Gasteiger partial charge is 0.383 e. The van der Waals surface area contributed by atoms with Crippen LogP contribution >= 0.6 is 0 Å². The summed E-state index contributed by atoms with van der Waals surface area (Å²) in [6.07, 6.45) is -4.45. The van der Waals surface area contributed by atoms with Crippen molar-refractivity contribution in [3.8, 4) is 0 Å². The van der Waals surface area contributed by atoms with Gasteiger partial charge in [0.1, 0.15) is 0 Å². The molecule has 0 aliphatic heterocycles. The van der Waals surface area contributed by atoms with Gasteiger partial charge in [-0.3, -0.25) is 4.79 Å². The van der Waals surface area contributed by atoms with Gasteiger partial charge in [0.05, 0.1) is 12.2 Å². The molecule has 0 saturated carbocycles. The number of methoxy groups -OCH3 is 1. The van der Waals surface area contributed by atoms with E-state index in [0.29, 0.717) is 13.2 Å². The Morgan fingerprint density at radius 2 is 1.86 bits per heavy atom. The molecule has 1 aromatic rings. The van der Waals surface area contributed by atoms with E-state index in [4.69, 9.17) is 4.74 Å². The first-order chi connectivity index (χ1) is 9.77. The number of carbonyl (C=O) groups excluding carboxylic acids is 1. The van der Waals surface area contributed by atoms with Crippen molar-refractivity contribution in [1.82, 2.24) is 4.90 Å². The molecule has 21 heavy (non-hydrogen) atoms. The summed E-state index contributed by atoms with van der Waals surface area (Å²) >= 11 is 0. The van der Waals surface area contributed by atoms with Gasteiger partial charge in [-0.1, -0.05) is 19.9 Å². The molecule has 120 valence electrons. The van der Waals surface area contributed by atoms with Crippen LogP contribution in [0.25, 0.3) is 0 Å². The van der Waals surface area contributed by atoms with Gasteiger partial charge in [0.25, 0.3) is 5.91 Å². The van der Waals surface area contributed by atoms with Gasteiger partial charge in [0, 0.05) is 26.3 Å². The number of rotatable bonds is 4. The number of ether oxygens (including phenoxy) is 1. The molecule has 0 radical (unpaired) electrons. The van der Waals surface area contributed by atoms with Crippen LogP contribution in [0.3, 0.4) is 0 Å². The Labute approximate surface area is 123 Å². The lowest BCUT2D eigenvalue weighted by Gasteiger charge is -2.18. The van der Waals surface area contributed by atoms with Crippen molar-refractivity contribution < 1.29 is 22.7 Å². The van der Waals surface area contributed by atoms with Crippen molar-refractivity contribution in [2.24, 2.45) is 0 Å². The first-order valence-corrected chi connectivity index (χ1v) is 6.69. The highest BCUT2D eigenvalue weighted by molar-refractivity contribution is 5.94. The van der Waals surface area contributed by atoms with Gasteiger partial charge in [-0.15, -0.1) is 0 Å². The highest BCUT2D eigenvalue weighted by atomic mass is 19.4. The van der Waals surface area contributed by atoms with E-state index in [0.717, 1.165) is 6.07 Å². The molecule has 1 amide bonds. The van der Waals surface area contributed by atoms with Gasteiger partial charge in [0.15, 0.2) is 0 Å². The summed E-state index contributed by atoms with van der Waals surface area (Å²) in [5.41, 5.74) is -0.654. The predicted octanol–water partition coefficient (Wildman–Crippen LogP) is 3.76. The Bertz CT molecular complexity index is 459. The van der Waals surface area contributed by atoms with Gasteiger partial charge in [-0.25, -0.2) is 0 Å². The Kier molecular flexibility index (Phi) is 8.02. The molecule has 1 rings (SSSR count). The number of halogens is 3. The molecule has 0 heterocycles. The fourth-order valence-electron chi connectivity index (χ4n) is 1.61. The molecule has 0 aliphatic rings. The van der Waals surface area contributed by atoms with Crippen LogP contribution in [0, 0.1) is 6.92 Å². The average Bonchev–Trinajstić information content (AvgIpc) is 2.45. The Morgan fingerprint density at radius 3 is 2.33 bits per heavy atom. The maximum Gasteiger partial charge on any atom is 0.416 e. The van der Waals surface area contributed by atoms with E-state index < -0.39 is 17.6 Å². The average molecular weight is 305 g/mol. The highest BCUT2D eigenvalue weighted by Crippen LogP contribution is 2.32. The van der Waals surface area contributed by atoms with Crippen LogP contribution in [-0.4, -0.2) is 38.1 Å². The standard InChI is InChI=1S/C13H16F3NO2.C2H6/c1-9-4-5-10(8-11(9)13(14,15)16)12(18)17(2)6-7-19-3;1-2/h4-5,8H,6-7H2,1-3H3;1-2H3. The number of nitrogens with zero attached hydrogens (tertiary/aromatic N) is 1. The third-order valence-electron chi connectivity index (χ3n) is 2.77. The minimum absolute atomic E-state index is 0.0246. The van der Waals surface area contributed by atoms with Crippen molar-refractivity contribution in [2.45, 2.75) is 26.9 Å². The van der Waals surface area contributed by atoms with Crippen molar-refractivity contribution in [3.05, 3.63) is 34.9 Å². The Balaban J connectivity index is 0.00000191. The predicted molar refractivity (Wildman–Crippen MR) is 76.4 cm³/mol. The first kappa shape index (κ1) is 19.4. The van der Waals surface area contributed by atoms with Gasteiger partial charge in [0.2, 0.25) is 0 Å². The lowest BCUT2D eigenvalue weighted by atomic mass is 10.0.